The second-order valence-corrected chi connectivity index (χ2v) is 12.7. The molecule has 0 bridgehead atoms. The average molecular weight is 499 g/mol. The maximum absolute atomic E-state index is 4.68. The number of fused-ring (bicyclic) bond motifs is 1. The van der Waals surface area contributed by atoms with E-state index in [1.807, 2.05) is 0 Å². The lowest BCUT2D eigenvalue weighted by Gasteiger charge is -2.22. The molecule has 0 spiro atoms. The van der Waals surface area contributed by atoms with Gasteiger partial charge in [-0.15, -0.1) is 0 Å². The average Bonchev–Trinajstić information content (AvgIpc) is 2.87. The topological polar surface area (TPSA) is 25.8 Å². The van der Waals surface area contributed by atoms with Crippen LogP contribution in [0.4, 0.5) is 0 Å². The summed E-state index contributed by atoms with van der Waals surface area (Å²) in [5.41, 5.74) is 10.9. The third kappa shape index (κ3) is 5.55. The first-order chi connectivity index (χ1) is 18.0. The summed E-state index contributed by atoms with van der Waals surface area (Å²) in [5, 5.41) is 2.54. The Morgan fingerprint density at radius 1 is 0.632 bits per heavy atom. The molecule has 0 unspecified atom stereocenters. The minimum atomic E-state index is 0.0306. The van der Waals surface area contributed by atoms with Crippen molar-refractivity contribution in [3.8, 4) is 33.6 Å². The number of aryl methyl sites for hydroxylation is 1. The van der Waals surface area contributed by atoms with Crippen LogP contribution in [0.25, 0.3) is 44.4 Å². The molecule has 0 radical (unpaired) electrons. The molecule has 0 saturated carbocycles. The monoisotopic (exact) mass is 498 g/mol. The van der Waals surface area contributed by atoms with Crippen LogP contribution < -0.4 is 0 Å². The van der Waals surface area contributed by atoms with Gasteiger partial charge in [-0.3, -0.25) is 0 Å². The van der Waals surface area contributed by atoms with Crippen molar-refractivity contribution in [3.05, 3.63) is 108 Å². The maximum Gasteiger partial charge on any atom is 0.116 e. The molecule has 5 rings (SSSR count). The van der Waals surface area contributed by atoms with E-state index in [4.69, 9.17) is 0 Å². The van der Waals surface area contributed by atoms with Crippen molar-refractivity contribution in [2.24, 2.45) is 5.41 Å². The molecule has 0 aliphatic carbocycles. The van der Waals surface area contributed by atoms with Gasteiger partial charge in [-0.2, -0.15) is 0 Å². The molecule has 5 aromatic rings. The van der Waals surface area contributed by atoms with Gasteiger partial charge in [0, 0.05) is 11.1 Å². The van der Waals surface area contributed by atoms with Crippen molar-refractivity contribution in [3.63, 3.8) is 0 Å². The predicted molar refractivity (Wildman–Crippen MR) is 162 cm³/mol. The molecular weight excluding hydrogens is 460 g/mol. The quantitative estimate of drug-likeness (QED) is 0.246. The number of hydrogen-bond donors (Lipinski definition) is 0. The van der Waals surface area contributed by atoms with Crippen LogP contribution in [0, 0.1) is 12.3 Å². The Labute approximate surface area is 227 Å². The van der Waals surface area contributed by atoms with Crippen molar-refractivity contribution in [1.29, 1.82) is 0 Å². The normalized spacial score (nSPS) is 12.2. The fourth-order valence-corrected chi connectivity index (χ4v) is 5.30. The number of rotatable bonds is 4. The van der Waals surface area contributed by atoms with Crippen LogP contribution in [0.3, 0.4) is 0 Å². The van der Waals surface area contributed by atoms with Gasteiger partial charge >= 0.3 is 0 Å². The molecule has 0 amide bonds. The minimum Gasteiger partial charge on any atom is -0.236 e. The zero-order valence-electron chi connectivity index (χ0n) is 23.8. The minimum absolute atomic E-state index is 0.0306. The van der Waals surface area contributed by atoms with Gasteiger partial charge in [0.15, 0.2) is 0 Å². The van der Waals surface area contributed by atoms with Crippen molar-refractivity contribution >= 4 is 10.8 Å². The summed E-state index contributed by atoms with van der Waals surface area (Å²) in [6.45, 7) is 15.8. The molecule has 4 aromatic carbocycles. The molecule has 0 aliphatic heterocycles. The first-order valence-corrected chi connectivity index (χ1v) is 13.5. The summed E-state index contributed by atoms with van der Waals surface area (Å²) in [6, 6.07) is 31.0. The van der Waals surface area contributed by atoms with Crippen LogP contribution in [0.5, 0.6) is 0 Å². The Hall–Kier alpha value is -3.78. The summed E-state index contributed by atoms with van der Waals surface area (Å²) in [7, 11) is 0. The van der Waals surface area contributed by atoms with Crippen LogP contribution in [0.2, 0.25) is 0 Å². The molecule has 192 valence electrons. The third-order valence-electron chi connectivity index (χ3n) is 7.16. The van der Waals surface area contributed by atoms with Gasteiger partial charge < -0.3 is 0 Å². The lowest BCUT2D eigenvalue weighted by Crippen LogP contribution is -2.12. The second kappa shape index (κ2) is 9.83. The molecule has 0 atom stereocenters. The zero-order chi connectivity index (χ0) is 27.1. The third-order valence-corrected chi connectivity index (χ3v) is 7.16. The Balaban J connectivity index is 1.49. The summed E-state index contributed by atoms with van der Waals surface area (Å²) in [6.07, 6.45) is 2.77. The highest BCUT2D eigenvalue weighted by molar-refractivity contribution is 5.91. The Morgan fingerprint density at radius 2 is 1.32 bits per heavy atom. The van der Waals surface area contributed by atoms with Crippen LogP contribution >= 0.6 is 0 Å². The highest BCUT2D eigenvalue weighted by atomic mass is 14.8. The van der Waals surface area contributed by atoms with E-state index in [2.05, 4.69) is 143 Å². The Bertz CT molecular complexity index is 1600. The molecule has 1 heterocycles. The van der Waals surface area contributed by atoms with Crippen molar-refractivity contribution in [2.45, 2.75) is 60.3 Å². The second-order valence-electron chi connectivity index (χ2n) is 12.7. The smallest absolute Gasteiger partial charge is 0.116 e. The lowest BCUT2D eigenvalue weighted by atomic mass is 9.82. The summed E-state index contributed by atoms with van der Waals surface area (Å²) in [5.74, 6) is 0. The zero-order valence-corrected chi connectivity index (χ0v) is 23.8. The van der Waals surface area contributed by atoms with Gasteiger partial charge in [-0.1, -0.05) is 108 Å². The molecule has 0 saturated heterocycles. The number of aromatic nitrogens is 2. The van der Waals surface area contributed by atoms with E-state index in [9.17, 15) is 0 Å². The standard InChI is InChI=1S/C36H38N2/c1-24-18-27(26-14-12-25(13-15-26)22-35(2,3)4)16-17-30(24)34-21-33(37-23-38-34)29-19-28-10-8-9-11-31(28)32(20-29)36(5,6)7/h8-21,23H,22H2,1-7H3. The molecule has 0 N–H and O–H groups in total. The SMILES string of the molecule is Cc1cc(-c2ccc(CC(C)(C)C)cc2)ccc1-c1cc(-c2cc(C(C)(C)C)c3ccccc3c2)ncn1. The number of benzene rings is 4. The van der Waals surface area contributed by atoms with E-state index in [-0.39, 0.29) is 10.8 Å². The fourth-order valence-electron chi connectivity index (χ4n) is 5.30. The molecule has 2 heteroatoms. The first kappa shape index (κ1) is 25.9. The fraction of sp³-hybridized carbons (Fsp3) is 0.278. The van der Waals surface area contributed by atoms with Gasteiger partial charge in [0.05, 0.1) is 11.4 Å². The van der Waals surface area contributed by atoms with Crippen molar-refractivity contribution < 1.29 is 0 Å². The summed E-state index contributed by atoms with van der Waals surface area (Å²) >= 11 is 0. The Kier molecular flexibility index (Phi) is 6.69. The Morgan fingerprint density at radius 3 is 2.00 bits per heavy atom. The lowest BCUT2D eigenvalue weighted by molar-refractivity contribution is 0.411. The van der Waals surface area contributed by atoms with Gasteiger partial charge in [0.25, 0.3) is 0 Å². The molecule has 0 fully saturated rings. The highest BCUT2D eigenvalue weighted by Crippen LogP contribution is 2.35. The van der Waals surface area contributed by atoms with Crippen LogP contribution in [0.15, 0.2) is 91.3 Å². The predicted octanol–water partition coefficient (Wildman–Crippen LogP) is 9.83. The van der Waals surface area contributed by atoms with Crippen molar-refractivity contribution in [2.75, 3.05) is 0 Å². The van der Waals surface area contributed by atoms with E-state index >= 15 is 0 Å². The molecular formula is C36H38N2. The van der Waals surface area contributed by atoms with Gasteiger partial charge in [0.1, 0.15) is 6.33 Å². The molecule has 0 aliphatic rings. The van der Waals surface area contributed by atoms with E-state index in [0.717, 1.165) is 28.9 Å². The van der Waals surface area contributed by atoms with Crippen LogP contribution in [-0.4, -0.2) is 9.97 Å². The first-order valence-electron chi connectivity index (χ1n) is 13.5. The maximum atomic E-state index is 4.68. The largest absolute Gasteiger partial charge is 0.236 e. The van der Waals surface area contributed by atoms with Crippen molar-refractivity contribution in [1.82, 2.24) is 9.97 Å². The molecule has 1 aromatic heterocycles. The summed E-state index contributed by atoms with van der Waals surface area (Å²) < 4.78 is 0. The van der Waals surface area contributed by atoms with Crippen LogP contribution in [0.1, 0.15) is 58.2 Å². The molecule has 2 nitrogen and oxygen atoms in total. The van der Waals surface area contributed by atoms with Gasteiger partial charge in [-0.05, 0) is 81.0 Å². The highest BCUT2D eigenvalue weighted by Gasteiger charge is 2.19. The van der Waals surface area contributed by atoms with E-state index in [1.54, 1.807) is 6.33 Å². The van der Waals surface area contributed by atoms with Crippen LogP contribution in [-0.2, 0) is 11.8 Å². The summed E-state index contributed by atoms with van der Waals surface area (Å²) in [4.78, 5) is 9.35. The molecule has 38 heavy (non-hydrogen) atoms. The number of hydrogen-bond acceptors (Lipinski definition) is 2. The van der Waals surface area contributed by atoms with E-state index in [1.165, 1.54) is 38.6 Å². The van der Waals surface area contributed by atoms with E-state index in [0.29, 0.717) is 0 Å². The van der Waals surface area contributed by atoms with Gasteiger partial charge in [-0.25, -0.2) is 9.97 Å². The van der Waals surface area contributed by atoms with E-state index < -0.39 is 0 Å². The van der Waals surface area contributed by atoms with Gasteiger partial charge in [0.2, 0.25) is 0 Å². The number of nitrogens with zero attached hydrogens (tertiary/aromatic N) is 2.